The Morgan fingerprint density at radius 1 is 0.875 bits per heavy atom. The van der Waals surface area contributed by atoms with E-state index in [0.29, 0.717) is 36.0 Å². The molecule has 2 heterocycles. The summed E-state index contributed by atoms with van der Waals surface area (Å²) in [7, 11) is 0. The van der Waals surface area contributed by atoms with Crippen LogP contribution in [0.2, 0.25) is 0 Å². The first-order chi connectivity index (χ1) is 19.3. The molecule has 4 aliphatic rings. The number of benzene rings is 3. The van der Waals surface area contributed by atoms with E-state index in [1.165, 1.54) is 9.80 Å². The number of phenols is 1. The highest BCUT2D eigenvalue weighted by molar-refractivity contribution is 6.24. The van der Waals surface area contributed by atoms with E-state index in [4.69, 9.17) is 0 Å². The maximum Gasteiger partial charge on any atom is 0.241 e. The molecule has 7 heteroatoms. The van der Waals surface area contributed by atoms with Crippen molar-refractivity contribution >= 4 is 40.1 Å². The Morgan fingerprint density at radius 2 is 1.60 bits per heavy atom. The van der Waals surface area contributed by atoms with E-state index in [0.717, 1.165) is 11.0 Å². The summed E-state index contributed by atoms with van der Waals surface area (Å²) in [4.78, 5) is 57.9. The summed E-state index contributed by atoms with van der Waals surface area (Å²) in [6.45, 7) is 3.94. The van der Waals surface area contributed by atoms with E-state index < -0.39 is 29.1 Å². The third-order valence-corrected chi connectivity index (χ3v) is 9.94. The topological polar surface area (TPSA) is 95.0 Å². The van der Waals surface area contributed by atoms with Crippen molar-refractivity contribution < 1.29 is 24.3 Å². The highest BCUT2D eigenvalue weighted by Gasteiger charge is 2.67. The number of hydrogen-bond acceptors (Lipinski definition) is 5. The molecule has 6 unspecified atom stereocenters. The van der Waals surface area contributed by atoms with Crippen LogP contribution in [0.5, 0.6) is 5.75 Å². The van der Waals surface area contributed by atoms with E-state index >= 15 is 0 Å². The molecule has 3 aromatic carbocycles. The zero-order valence-corrected chi connectivity index (χ0v) is 22.4. The van der Waals surface area contributed by atoms with Crippen molar-refractivity contribution in [3.05, 3.63) is 83.9 Å². The molecule has 7 rings (SSSR count). The van der Waals surface area contributed by atoms with Gasteiger partial charge in [0.15, 0.2) is 0 Å². The fourth-order valence-corrected chi connectivity index (χ4v) is 8.06. The van der Waals surface area contributed by atoms with Crippen LogP contribution in [-0.2, 0) is 19.2 Å². The number of allylic oxidation sites excluding steroid dienone is 2. The predicted molar refractivity (Wildman–Crippen MR) is 149 cm³/mol. The summed E-state index contributed by atoms with van der Waals surface area (Å²) >= 11 is 0. The number of hydrogen-bond donors (Lipinski definition) is 1. The molecule has 0 bridgehead atoms. The fourth-order valence-electron chi connectivity index (χ4n) is 8.06. The average molecular weight is 535 g/mol. The summed E-state index contributed by atoms with van der Waals surface area (Å²) < 4.78 is 0. The van der Waals surface area contributed by atoms with Crippen LogP contribution in [0, 0.1) is 29.1 Å². The zero-order valence-electron chi connectivity index (χ0n) is 22.4. The molecule has 0 aromatic heterocycles. The fraction of sp³-hybridized carbons (Fsp3) is 0.333. The molecular formula is C33H30N2O5. The molecule has 3 aromatic rings. The van der Waals surface area contributed by atoms with Crippen LogP contribution in [0.4, 0.5) is 5.69 Å². The van der Waals surface area contributed by atoms with Gasteiger partial charge in [-0.05, 0) is 50.1 Å². The Morgan fingerprint density at radius 3 is 2.35 bits per heavy atom. The van der Waals surface area contributed by atoms with Gasteiger partial charge in [-0.15, -0.1) is 0 Å². The molecule has 0 spiro atoms. The van der Waals surface area contributed by atoms with Gasteiger partial charge < -0.3 is 5.11 Å². The number of rotatable bonds is 3. The zero-order chi connectivity index (χ0) is 27.9. The molecule has 1 saturated carbocycles. The number of likely N-dealkylation sites (tertiary alicyclic amines) is 1. The van der Waals surface area contributed by atoms with Crippen molar-refractivity contribution in [2.24, 2.45) is 29.1 Å². The number of imide groups is 2. The van der Waals surface area contributed by atoms with Gasteiger partial charge >= 0.3 is 0 Å². The summed E-state index contributed by atoms with van der Waals surface area (Å²) in [5, 5.41) is 13.2. The van der Waals surface area contributed by atoms with Crippen LogP contribution >= 0.6 is 0 Å². The van der Waals surface area contributed by atoms with Crippen molar-refractivity contribution in [2.75, 3.05) is 11.4 Å². The lowest BCUT2D eigenvalue weighted by molar-refractivity contribution is -0.140. The Balaban J connectivity index is 1.45. The maximum atomic E-state index is 14.4. The monoisotopic (exact) mass is 534 g/mol. The summed E-state index contributed by atoms with van der Waals surface area (Å²) in [6.07, 6.45) is 2.71. The number of fused-ring (bicyclic) bond motifs is 5. The molecule has 4 amide bonds. The molecule has 1 N–H and O–H groups in total. The molecule has 2 aliphatic carbocycles. The van der Waals surface area contributed by atoms with Crippen molar-refractivity contribution in [1.82, 2.24) is 4.90 Å². The molecule has 202 valence electrons. The number of carbonyl (C=O) groups is 4. The predicted octanol–water partition coefficient (Wildman–Crippen LogP) is 4.80. The first-order valence-electron chi connectivity index (χ1n) is 14.0. The number of anilines is 1. The molecule has 0 radical (unpaired) electrons. The van der Waals surface area contributed by atoms with E-state index in [1.54, 1.807) is 31.2 Å². The first kappa shape index (κ1) is 24.8. The number of para-hydroxylation sites is 1. The number of carbonyl (C=O) groups excluding carboxylic acids is 4. The summed E-state index contributed by atoms with van der Waals surface area (Å²) in [5.41, 5.74) is 0.772. The minimum absolute atomic E-state index is 0.0779. The largest absolute Gasteiger partial charge is 0.507 e. The van der Waals surface area contributed by atoms with Gasteiger partial charge in [-0.2, -0.15) is 0 Å². The highest BCUT2D eigenvalue weighted by Crippen LogP contribution is 2.64. The van der Waals surface area contributed by atoms with Gasteiger partial charge in [-0.3, -0.25) is 24.1 Å². The number of phenolic OH excluding ortho intramolecular Hbond substituents is 1. The maximum absolute atomic E-state index is 14.4. The van der Waals surface area contributed by atoms with Crippen LogP contribution in [-0.4, -0.2) is 40.2 Å². The minimum atomic E-state index is -1.18. The molecule has 7 nitrogen and oxygen atoms in total. The summed E-state index contributed by atoms with van der Waals surface area (Å²) in [6, 6.07) is 20.2. The number of amides is 4. The van der Waals surface area contributed by atoms with E-state index in [2.05, 4.69) is 0 Å². The summed E-state index contributed by atoms with van der Waals surface area (Å²) in [5.74, 6) is -3.65. The number of aromatic hydroxyl groups is 1. The van der Waals surface area contributed by atoms with Gasteiger partial charge in [-0.1, -0.05) is 66.2 Å². The third kappa shape index (κ3) is 3.06. The second-order valence-corrected chi connectivity index (χ2v) is 11.6. The normalized spacial score (nSPS) is 31.4. The van der Waals surface area contributed by atoms with Gasteiger partial charge in [0.2, 0.25) is 23.6 Å². The van der Waals surface area contributed by atoms with Crippen LogP contribution in [0.15, 0.2) is 78.4 Å². The standard InChI is InChI=1S/C33H30N2O5/c1-3-34-29(37)22-16-15-21-24(26(22)31(34)39)17-25-30(38)35(19-10-5-4-6-11-19)32(40)33(25,2)27(21)23-14-13-18-9-7-8-12-20(18)28(23)36/h4-15,22,24-27,36H,3,16-17H2,1-2H3. The lowest BCUT2D eigenvalue weighted by atomic mass is 9.51. The third-order valence-electron chi connectivity index (χ3n) is 9.94. The average Bonchev–Trinajstić information content (AvgIpc) is 3.33. The van der Waals surface area contributed by atoms with Gasteiger partial charge in [-0.25, -0.2) is 4.90 Å². The van der Waals surface area contributed by atoms with E-state index in [9.17, 15) is 24.3 Å². The molecule has 2 aliphatic heterocycles. The minimum Gasteiger partial charge on any atom is -0.507 e. The van der Waals surface area contributed by atoms with Crippen molar-refractivity contribution in [3.63, 3.8) is 0 Å². The van der Waals surface area contributed by atoms with Crippen LogP contribution < -0.4 is 4.90 Å². The van der Waals surface area contributed by atoms with Gasteiger partial charge in [0.05, 0.1) is 28.9 Å². The SMILES string of the molecule is CCN1C(=O)C2CC=C3C(CC4C(=O)N(c5ccccc5)C(=O)C4(C)C3c3ccc4ccccc4c3O)C2C1=O. The van der Waals surface area contributed by atoms with Crippen LogP contribution in [0.1, 0.15) is 38.2 Å². The Kier molecular flexibility index (Phi) is 5.33. The first-order valence-corrected chi connectivity index (χ1v) is 14.0. The van der Waals surface area contributed by atoms with Gasteiger partial charge in [0.1, 0.15) is 5.75 Å². The molecule has 6 atom stereocenters. The van der Waals surface area contributed by atoms with Crippen molar-refractivity contribution in [2.45, 2.75) is 32.6 Å². The lowest BCUT2D eigenvalue weighted by Gasteiger charge is -2.49. The quantitative estimate of drug-likeness (QED) is 0.385. The van der Waals surface area contributed by atoms with Gasteiger partial charge in [0.25, 0.3) is 0 Å². The van der Waals surface area contributed by atoms with E-state index in [1.807, 2.05) is 55.5 Å². The Hall–Kier alpha value is -4.26. The van der Waals surface area contributed by atoms with Crippen LogP contribution in [0.3, 0.4) is 0 Å². The van der Waals surface area contributed by atoms with Crippen molar-refractivity contribution in [3.8, 4) is 5.75 Å². The van der Waals surface area contributed by atoms with Crippen LogP contribution in [0.25, 0.3) is 10.8 Å². The second kappa shape index (κ2) is 8.62. The Bertz CT molecular complexity index is 1650. The smallest absolute Gasteiger partial charge is 0.241 e. The highest BCUT2D eigenvalue weighted by atomic mass is 16.3. The molecule has 2 saturated heterocycles. The number of nitrogens with zero attached hydrogens (tertiary/aromatic N) is 2. The molecule has 40 heavy (non-hydrogen) atoms. The lowest BCUT2D eigenvalue weighted by Crippen LogP contribution is -2.48. The van der Waals surface area contributed by atoms with Crippen molar-refractivity contribution in [1.29, 1.82) is 0 Å². The second-order valence-electron chi connectivity index (χ2n) is 11.6. The molecule has 3 fully saturated rings. The molecular weight excluding hydrogens is 504 g/mol. The van der Waals surface area contributed by atoms with Gasteiger partial charge in [0, 0.05) is 23.4 Å². The van der Waals surface area contributed by atoms with E-state index in [-0.39, 0.29) is 35.3 Å². The Labute approximate surface area is 232 Å².